The van der Waals surface area contributed by atoms with E-state index in [1.165, 1.54) is 19.9 Å². The van der Waals surface area contributed by atoms with Crippen LogP contribution in [0.5, 0.6) is 5.75 Å². The van der Waals surface area contributed by atoms with Crippen molar-refractivity contribution in [1.29, 1.82) is 0 Å². The second kappa shape index (κ2) is 9.12. The van der Waals surface area contributed by atoms with Crippen molar-refractivity contribution in [3.05, 3.63) is 47.1 Å². The van der Waals surface area contributed by atoms with Gasteiger partial charge < -0.3 is 10.1 Å². The van der Waals surface area contributed by atoms with Crippen molar-refractivity contribution in [1.82, 2.24) is 28.0 Å². The Morgan fingerprint density at radius 2 is 2.09 bits per heavy atom. The molecular formula is C21H22ClN7O3S2. The second-order valence-corrected chi connectivity index (χ2v) is 11.0. The van der Waals surface area contributed by atoms with Gasteiger partial charge in [0.15, 0.2) is 4.96 Å². The van der Waals surface area contributed by atoms with Crippen molar-refractivity contribution in [2.45, 2.75) is 0 Å². The number of anilines is 1. The van der Waals surface area contributed by atoms with Gasteiger partial charge in [-0.05, 0) is 18.2 Å². The molecule has 34 heavy (non-hydrogen) atoms. The lowest BCUT2D eigenvalue weighted by molar-refractivity contribution is 0.415. The van der Waals surface area contributed by atoms with Gasteiger partial charge in [-0.1, -0.05) is 17.7 Å². The van der Waals surface area contributed by atoms with E-state index in [0.717, 1.165) is 21.9 Å². The van der Waals surface area contributed by atoms with Gasteiger partial charge in [-0.3, -0.25) is 4.40 Å². The molecule has 4 aromatic rings. The van der Waals surface area contributed by atoms with Gasteiger partial charge in [-0.15, -0.1) is 11.3 Å². The summed E-state index contributed by atoms with van der Waals surface area (Å²) in [5.41, 5.74) is 3.09. The van der Waals surface area contributed by atoms with Crippen LogP contribution in [0.1, 0.15) is 0 Å². The Labute approximate surface area is 206 Å². The summed E-state index contributed by atoms with van der Waals surface area (Å²) in [6.07, 6.45) is 3.62. The lowest BCUT2D eigenvalue weighted by Gasteiger charge is -2.16. The molecule has 1 aliphatic heterocycles. The third-order valence-corrected chi connectivity index (χ3v) is 8.67. The number of rotatable bonds is 7. The summed E-state index contributed by atoms with van der Waals surface area (Å²) in [6, 6.07) is 7.35. The number of hydrogen-bond donors (Lipinski definition) is 1. The zero-order valence-corrected chi connectivity index (χ0v) is 20.9. The standard InChI is InChI=1S/C21H22ClN7O3S2/c1-27-9-10-28(34(27,30)31)8-7-24-20-23-6-5-16(25-20)19-18(26-21-29(19)11-12-33-21)14-3-4-15(22)17(13-14)32-2/h3-6,11-13H,7-10H2,1-2H3,(H,23,24,25). The van der Waals surface area contributed by atoms with Crippen LogP contribution in [0, 0.1) is 0 Å². The van der Waals surface area contributed by atoms with E-state index < -0.39 is 10.2 Å². The number of likely N-dealkylation sites (N-methyl/N-ethyl adjacent to an activating group) is 1. The van der Waals surface area contributed by atoms with Crippen molar-refractivity contribution >= 4 is 44.1 Å². The Hall–Kier alpha value is -2.77. The molecule has 5 rings (SSSR count). The number of halogens is 1. The first-order valence-electron chi connectivity index (χ1n) is 10.5. The molecule has 0 bridgehead atoms. The smallest absolute Gasteiger partial charge is 0.281 e. The van der Waals surface area contributed by atoms with Crippen molar-refractivity contribution in [3.63, 3.8) is 0 Å². The average molecular weight is 520 g/mol. The number of ether oxygens (including phenoxy) is 1. The second-order valence-electron chi connectivity index (χ2n) is 7.63. The number of nitrogens with zero attached hydrogens (tertiary/aromatic N) is 6. The highest BCUT2D eigenvalue weighted by atomic mass is 35.5. The van der Waals surface area contributed by atoms with E-state index in [4.69, 9.17) is 26.3 Å². The monoisotopic (exact) mass is 519 g/mol. The highest BCUT2D eigenvalue weighted by Crippen LogP contribution is 2.36. The molecule has 1 N–H and O–H groups in total. The molecule has 0 unspecified atom stereocenters. The fourth-order valence-electron chi connectivity index (χ4n) is 3.81. The number of methoxy groups -OCH3 is 1. The zero-order valence-electron chi connectivity index (χ0n) is 18.5. The molecule has 0 radical (unpaired) electrons. The minimum Gasteiger partial charge on any atom is -0.495 e. The van der Waals surface area contributed by atoms with Gasteiger partial charge in [0.25, 0.3) is 10.2 Å². The molecule has 1 saturated heterocycles. The van der Waals surface area contributed by atoms with Gasteiger partial charge in [-0.25, -0.2) is 15.0 Å². The molecule has 0 saturated carbocycles. The normalized spacial score (nSPS) is 16.3. The van der Waals surface area contributed by atoms with Crippen LogP contribution in [0.3, 0.4) is 0 Å². The van der Waals surface area contributed by atoms with E-state index in [1.807, 2.05) is 34.2 Å². The number of benzene rings is 1. The summed E-state index contributed by atoms with van der Waals surface area (Å²) in [5, 5.41) is 5.63. The van der Waals surface area contributed by atoms with E-state index in [1.54, 1.807) is 26.4 Å². The van der Waals surface area contributed by atoms with Crippen LogP contribution < -0.4 is 10.1 Å². The van der Waals surface area contributed by atoms with Crippen LogP contribution >= 0.6 is 22.9 Å². The van der Waals surface area contributed by atoms with Crippen molar-refractivity contribution < 1.29 is 13.2 Å². The molecule has 13 heteroatoms. The number of fused-ring (bicyclic) bond motifs is 1. The molecule has 1 fully saturated rings. The fourth-order valence-corrected chi connectivity index (χ4v) is 6.06. The van der Waals surface area contributed by atoms with E-state index >= 15 is 0 Å². The minimum absolute atomic E-state index is 0.331. The first-order chi connectivity index (χ1) is 16.4. The summed E-state index contributed by atoms with van der Waals surface area (Å²) in [7, 11) is -0.213. The molecule has 0 amide bonds. The van der Waals surface area contributed by atoms with Crippen LogP contribution in [0.2, 0.25) is 5.02 Å². The first-order valence-corrected chi connectivity index (χ1v) is 13.1. The lowest BCUT2D eigenvalue weighted by Crippen LogP contribution is -2.34. The van der Waals surface area contributed by atoms with E-state index in [-0.39, 0.29) is 0 Å². The van der Waals surface area contributed by atoms with Crippen molar-refractivity contribution in [2.75, 3.05) is 45.7 Å². The van der Waals surface area contributed by atoms with Gasteiger partial charge in [0.1, 0.15) is 11.4 Å². The van der Waals surface area contributed by atoms with E-state index in [9.17, 15) is 8.42 Å². The van der Waals surface area contributed by atoms with E-state index in [0.29, 0.717) is 48.6 Å². The van der Waals surface area contributed by atoms with Crippen LogP contribution in [0.15, 0.2) is 42.0 Å². The molecule has 0 spiro atoms. The number of aromatic nitrogens is 4. The lowest BCUT2D eigenvalue weighted by atomic mass is 10.1. The maximum atomic E-state index is 12.2. The number of imidazole rings is 1. The van der Waals surface area contributed by atoms with Crippen LogP contribution in [-0.4, -0.2) is 76.7 Å². The van der Waals surface area contributed by atoms with Gasteiger partial charge in [0, 0.05) is 56.6 Å². The molecule has 0 aliphatic carbocycles. The quantitative estimate of drug-likeness (QED) is 0.400. The van der Waals surface area contributed by atoms with Crippen molar-refractivity contribution in [3.8, 4) is 28.4 Å². The molecule has 10 nitrogen and oxygen atoms in total. The van der Waals surface area contributed by atoms with Gasteiger partial charge in [0.2, 0.25) is 5.95 Å². The molecule has 1 aliphatic rings. The Bertz CT molecular complexity index is 1450. The molecule has 4 heterocycles. The summed E-state index contributed by atoms with van der Waals surface area (Å²) in [4.78, 5) is 14.6. The maximum absolute atomic E-state index is 12.2. The third-order valence-electron chi connectivity index (χ3n) is 5.61. The highest BCUT2D eigenvalue weighted by molar-refractivity contribution is 7.87. The predicted octanol–water partition coefficient (Wildman–Crippen LogP) is 3.09. The SMILES string of the molecule is COc1cc(-c2nc3sccn3c2-c2ccnc(NCCN3CCN(C)S3(=O)=O)n2)ccc1Cl. The predicted molar refractivity (Wildman–Crippen MR) is 133 cm³/mol. The first kappa shape index (κ1) is 23.0. The zero-order chi connectivity index (χ0) is 23.9. The Balaban J connectivity index is 1.44. The van der Waals surface area contributed by atoms with Crippen LogP contribution in [-0.2, 0) is 10.2 Å². The summed E-state index contributed by atoms with van der Waals surface area (Å²) >= 11 is 7.75. The third kappa shape index (κ3) is 4.12. The molecule has 178 valence electrons. The highest BCUT2D eigenvalue weighted by Gasteiger charge is 2.33. The maximum Gasteiger partial charge on any atom is 0.281 e. The minimum atomic E-state index is -3.37. The number of thiazole rings is 1. The van der Waals surface area contributed by atoms with Crippen LogP contribution in [0.25, 0.3) is 27.6 Å². The Morgan fingerprint density at radius 1 is 1.24 bits per heavy atom. The number of nitrogens with one attached hydrogen (secondary N) is 1. The largest absolute Gasteiger partial charge is 0.495 e. The van der Waals surface area contributed by atoms with Crippen molar-refractivity contribution in [2.24, 2.45) is 0 Å². The Kier molecular flexibility index (Phi) is 6.16. The molecule has 1 aromatic carbocycles. The molecule has 0 atom stereocenters. The van der Waals surface area contributed by atoms with Gasteiger partial charge in [0.05, 0.1) is 23.5 Å². The molecular weight excluding hydrogens is 498 g/mol. The Morgan fingerprint density at radius 3 is 2.85 bits per heavy atom. The topological polar surface area (TPSA) is 105 Å². The van der Waals surface area contributed by atoms with E-state index in [2.05, 4.69) is 10.3 Å². The molecule has 3 aromatic heterocycles. The fraction of sp³-hybridized carbons (Fsp3) is 0.286. The average Bonchev–Trinajstić information content (AvgIpc) is 3.49. The van der Waals surface area contributed by atoms with Gasteiger partial charge in [-0.2, -0.15) is 17.0 Å². The summed E-state index contributed by atoms with van der Waals surface area (Å²) < 4.78 is 34.7. The number of hydrogen-bond acceptors (Lipinski definition) is 8. The summed E-state index contributed by atoms with van der Waals surface area (Å²) in [5.74, 6) is 0.973. The van der Waals surface area contributed by atoms with Crippen LogP contribution in [0.4, 0.5) is 5.95 Å². The summed E-state index contributed by atoms with van der Waals surface area (Å²) in [6.45, 7) is 1.68. The van der Waals surface area contributed by atoms with Gasteiger partial charge >= 0.3 is 0 Å².